The molecule has 62 valence electrons. The van der Waals surface area contributed by atoms with Crippen molar-refractivity contribution < 1.29 is 22.0 Å². The van der Waals surface area contributed by atoms with Crippen LogP contribution in [0.1, 0.15) is 12.8 Å². The van der Waals surface area contributed by atoms with Crippen LogP contribution in [0.3, 0.4) is 0 Å². The van der Waals surface area contributed by atoms with Crippen molar-refractivity contribution in [1.82, 2.24) is 0 Å². The highest BCUT2D eigenvalue weighted by atomic mass is 19.4. The Kier molecular flexibility index (Phi) is 2.59. The Morgan fingerprint density at radius 3 is 1.40 bits per heavy atom. The number of alkyl halides is 5. The summed E-state index contributed by atoms with van der Waals surface area (Å²) in [5.41, 5.74) is 4.01. The molecule has 0 aliphatic rings. The molecule has 0 saturated carbocycles. The second-order valence-corrected chi connectivity index (χ2v) is 1.88. The van der Waals surface area contributed by atoms with Crippen LogP contribution in [-0.2, 0) is 0 Å². The number of rotatable bonds is 2. The predicted molar refractivity (Wildman–Crippen MR) is 24.4 cm³/mol. The Hall–Kier alpha value is -0.390. The van der Waals surface area contributed by atoms with E-state index in [9.17, 15) is 22.0 Å². The molecule has 2 N–H and O–H groups in total. The van der Waals surface area contributed by atoms with Crippen LogP contribution in [0.4, 0.5) is 22.0 Å². The number of halogens is 5. The van der Waals surface area contributed by atoms with Crippen molar-refractivity contribution in [2.24, 2.45) is 5.73 Å². The summed E-state index contributed by atoms with van der Waals surface area (Å²) in [4.78, 5) is 0. The summed E-state index contributed by atoms with van der Waals surface area (Å²) in [6.07, 6.45) is -7.45. The molecule has 0 aliphatic carbocycles. The number of hydrogen-bond donors (Lipinski definition) is 1. The highest BCUT2D eigenvalue weighted by Crippen LogP contribution is 2.25. The Labute approximate surface area is 54.0 Å². The SMILES string of the molecule is NC(F)(F)CCC(F)(F)F. The minimum absolute atomic E-state index is 1.35. The zero-order valence-corrected chi connectivity index (χ0v) is 4.88. The van der Waals surface area contributed by atoms with Gasteiger partial charge in [0.2, 0.25) is 0 Å². The van der Waals surface area contributed by atoms with Gasteiger partial charge in [0.15, 0.2) is 0 Å². The molecule has 0 rings (SSSR count). The smallest absolute Gasteiger partial charge is 0.272 e. The van der Waals surface area contributed by atoms with Gasteiger partial charge >= 0.3 is 6.18 Å². The summed E-state index contributed by atoms with van der Waals surface area (Å²) in [6, 6.07) is -3.71. The maximum atomic E-state index is 11.5. The first-order valence-electron chi connectivity index (χ1n) is 2.44. The van der Waals surface area contributed by atoms with E-state index in [1.807, 2.05) is 0 Å². The second-order valence-electron chi connectivity index (χ2n) is 1.88. The van der Waals surface area contributed by atoms with Crippen molar-refractivity contribution in [2.75, 3.05) is 0 Å². The monoisotopic (exact) mass is 163 g/mol. The van der Waals surface area contributed by atoms with E-state index in [-0.39, 0.29) is 0 Å². The lowest BCUT2D eigenvalue weighted by Crippen LogP contribution is -2.30. The first kappa shape index (κ1) is 9.61. The topological polar surface area (TPSA) is 26.0 Å². The molecule has 0 amide bonds. The van der Waals surface area contributed by atoms with Gasteiger partial charge in [-0.25, -0.2) is 0 Å². The van der Waals surface area contributed by atoms with Gasteiger partial charge in [-0.3, -0.25) is 5.73 Å². The van der Waals surface area contributed by atoms with Crippen LogP contribution in [0.25, 0.3) is 0 Å². The molecule has 0 saturated heterocycles. The van der Waals surface area contributed by atoms with Gasteiger partial charge in [-0.1, -0.05) is 0 Å². The first-order chi connectivity index (χ1) is 4.21. The normalized spacial score (nSPS) is 13.8. The molecule has 0 radical (unpaired) electrons. The maximum Gasteiger partial charge on any atom is 0.389 e. The van der Waals surface area contributed by atoms with Gasteiger partial charge in [0, 0.05) is 6.42 Å². The van der Waals surface area contributed by atoms with E-state index in [0.717, 1.165) is 0 Å². The summed E-state index contributed by atoms with van der Waals surface area (Å²) in [7, 11) is 0. The molecule has 0 bridgehead atoms. The van der Waals surface area contributed by atoms with Crippen LogP contribution in [0.2, 0.25) is 0 Å². The third-order valence-corrected chi connectivity index (χ3v) is 0.742. The van der Waals surface area contributed by atoms with E-state index >= 15 is 0 Å². The summed E-state index contributed by atoms with van der Waals surface area (Å²) >= 11 is 0. The molecular formula is C4H6F5N. The maximum absolute atomic E-state index is 11.5. The number of nitrogens with two attached hydrogens (primary N) is 1. The lowest BCUT2D eigenvalue weighted by atomic mass is 10.3. The average molecular weight is 163 g/mol. The van der Waals surface area contributed by atoms with Crippen LogP contribution >= 0.6 is 0 Å². The zero-order valence-electron chi connectivity index (χ0n) is 4.88. The van der Waals surface area contributed by atoms with Gasteiger partial charge in [0.1, 0.15) is 0 Å². The van der Waals surface area contributed by atoms with Crippen molar-refractivity contribution in [3.8, 4) is 0 Å². The van der Waals surface area contributed by atoms with E-state index in [4.69, 9.17) is 0 Å². The fourth-order valence-electron chi connectivity index (χ4n) is 0.308. The van der Waals surface area contributed by atoms with Gasteiger partial charge in [0.05, 0.1) is 6.42 Å². The van der Waals surface area contributed by atoms with E-state index in [1.165, 1.54) is 0 Å². The molecule has 0 aromatic heterocycles. The van der Waals surface area contributed by atoms with E-state index in [2.05, 4.69) is 5.73 Å². The Morgan fingerprint density at radius 1 is 0.900 bits per heavy atom. The fraction of sp³-hybridized carbons (Fsp3) is 1.00. The summed E-state index contributed by atoms with van der Waals surface area (Å²) in [5, 5.41) is 0. The fourth-order valence-corrected chi connectivity index (χ4v) is 0.308. The van der Waals surface area contributed by atoms with Crippen LogP contribution in [0.5, 0.6) is 0 Å². The van der Waals surface area contributed by atoms with Crippen molar-refractivity contribution >= 4 is 0 Å². The third-order valence-electron chi connectivity index (χ3n) is 0.742. The zero-order chi connectivity index (χ0) is 8.41. The highest BCUT2D eigenvalue weighted by Gasteiger charge is 2.33. The Morgan fingerprint density at radius 2 is 1.30 bits per heavy atom. The van der Waals surface area contributed by atoms with Gasteiger partial charge in [-0.2, -0.15) is 22.0 Å². The molecule has 0 aromatic carbocycles. The Balaban J connectivity index is 3.56. The molecule has 0 spiro atoms. The lowest BCUT2D eigenvalue weighted by Gasteiger charge is -2.10. The summed E-state index contributed by atoms with van der Waals surface area (Å²) in [6.45, 7) is 0. The minimum atomic E-state index is -4.55. The molecule has 10 heavy (non-hydrogen) atoms. The average Bonchev–Trinajstić information content (AvgIpc) is 1.57. The molecular weight excluding hydrogens is 157 g/mol. The van der Waals surface area contributed by atoms with Crippen molar-refractivity contribution in [3.05, 3.63) is 0 Å². The molecule has 0 aromatic rings. The molecule has 0 unspecified atom stereocenters. The van der Waals surface area contributed by atoms with Crippen molar-refractivity contribution in [3.63, 3.8) is 0 Å². The van der Waals surface area contributed by atoms with E-state index < -0.39 is 25.1 Å². The van der Waals surface area contributed by atoms with Gasteiger partial charge in [0.25, 0.3) is 6.05 Å². The highest BCUT2D eigenvalue weighted by molar-refractivity contribution is 4.60. The molecule has 0 heterocycles. The minimum Gasteiger partial charge on any atom is -0.272 e. The van der Waals surface area contributed by atoms with Crippen molar-refractivity contribution in [1.29, 1.82) is 0 Å². The third kappa shape index (κ3) is 7.61. The summed E-state index contributed by atoms with van der Waals surface area (Å²) in [5.74, 6) is 0. The summed E-state index contributed by atoms with van der Waals surface area (Å²) < 4.78 is 56.7. The van der Waals surface area contributed by atoms with Crippen LogP contribution < -0.4 is 5.73 Å². The standard InChI is InChI=1S/C4H6F5N/c5-3(6,7)1-2-4(8,9)10/h1-2,10H2. The molecule has 0 aliphatic heterocycles. The number of hydrogen-bond acceptors (Lipinski definition) is 1. The van der Waals surface area contributed by atoms with Gasteiger partial charge in [-0.15, -0.1) is 0 Å². The van der Waals surface area contributed by atoms with E-state index in [0.29, 0.717) is 0 Å². The molecule has 1 nitrogen and oxygen atoms in total. The Bertz CT molecular complexity index is 87.2. The van der Waals surface area contributed by atoms with Gasteiger partial charge < -0.3 is 0 Å². The molecule has 6 heteroatoms. The largest absolute Gasteiger partial charge is 0.389 e. The second kappa shape index (κ2) is 2.69. The van der Waals surface area contributed by atoms with E-state index in [1.54, 1.807) is 0 Å². The van der Waals surface area contributed by atoms with Gasteiger partial charge in [-0.05, 0) is 0 Å². The molecule has 0 atom stereocenters. The first-order valence-corrected chi connectivity index (χ1v) is 2.44. The predicted octanol–water partition coefficient (Wildman–Crippen LogP) is 1.88. The van der Waals surface area contributed by atoms with Crippen molar-refractivity contribution in [2.45, 2.75) is 25.1 Å². The van der Waals surface area contributed by atoms with Crippen LogP contribution in [0, 0.1) is 0 Å². The lowest BCUT2D eigenvalue weighted by molar-refractivity contribution is -0.150. The molecule has 0 fully saturated rings. The van der Waals surface area contributed by atoms with Crippen LogP contribution in [-0.4, -0.2) is 12.2 Å². The quantitative estimate of drug-likeness (QED) is 0.488. The van der Waals surface area contributed by atoms with Crippen LogP contribution in [0.15, 0.2) is 0 Å².